The summed E-state index contributed by atoms with van der Waals surface area (Å²) < 4.78 is 16.2. The van der Waals surface area contributed by atoms with Crippen LogP contribution in [0, 0.1) is 5.41 Å². The molecule has 0 aliphatic carbocycles. The van der Waals surface area contributed by atoms with Crippen LogP contribution in [0.1, 0.15) is 6.92 Å². The fourth-order valence-corrected chi connectivity index (χ4v) is 9.07. The van der Waals surface area contributed by atoms with Crippen LogP contribution < -0.4 is 21.6 Å². The quantitative estimate of drug-likeness (QED) is 0.251. The molecular formula is C7H13I4O2-. The van der Waals surface area contributed by atoms with E-state index in [2.05, 4.69) is 55.2 Å². The molecule has 0 unspecified atom stereocenters. The van der Waals surface area contributed by atoms with Crippen molar-refractivity contribution in [1.82, 2.24) is 0 Å². The van der Waals surface area contributed by atoms with Crippen molar-refractivity contribution in [1.29, 1.82) is 0 Å². The first-order valence-electron chi connectivity index (χ1n) is 3.78. The third kappa shape index (κ3) is 7.69. The Kier molecular flexibility index (Phi) is 7.72. The second kappa shape index (κ2) is 7.22. The van der Waals surface area contributed by atoms with Crippen LogP contribution in [-0.4, -0.2) is 22.5 Å². The average molecular weight is 637 g/mol. The molecule has 2 aliphatic heterocycles. The van der Waals surface area contributed by atoms with Gasteiger partial charge in [-0.3, -0.25) is 0 Å². The van der Waals surface area contributed by atoms with Gasteiger partial charge in [-0.1, -0.05) is 0 Å². The molecule has 0 aromatic carbocycles. The first kappa shape index (κ1) is 13.9. The Morgan fingerprint density at radius 1 is 1.46 bits per heavy atom. The van der Waals surface area contributed by atoms with Gasteiger partial charge in [-0.2, -0.15) is 0 Å². The third-order valence-electron chi connectivity index (χ3n) is 1.49. The molecule has 2 fully saturated rings. The van der Waals surface area contributed by atoms with Gasteiger partial charge in [-0.05, 0) is 0 Å². The molecule has 82 valence electrons. The SMILES string of the molecule is C1O[I-]1.CC(CI)(CI)CI1CO1. The number of hydrogen-bond donors (Lipinski definition) is 0. The minimum atomic E-state index is -0.742. The average Bonchev–Trinajstić information content (AvgIpc) is 2.96. The summed E-state index contributed by atoms with van der Waals surface area (Å²) in [5, 5.41) is 0. The van der Waals surface area contributed by atoms with Gasteiger partial charge in [0, 0.05) is 0 Å². The Hall–Kier alpha value is 2.84. The van der Waals surface area contributed by atoms with Gasteiger partial charge in [-0.25, -0.2) is 0 Å². The van der Waals surface area contributed by atoms with E-state index in [1.807, 2.05) is 0 Å². The Labute approximate surface area is 126 Å². The molecule has 0 saturated carbocycles. The van der Waals surface area contributed by atoms with Crippen LogP contribution in [0.4, 0.5) is 0 Å². The standard InChI is InChI=1S/C6H11I3O.CH2IO/c1-6(2-7,3-8)4-9-5-10-9;1-2-3-1/h2-5H2,1H3;1H2/q;-1. The van der Waals surface area contributed by atoms with E-state index in [0.717, 1.165) is 9.23 Å². The van der Waals surface area contributed by atoms with Gasteiger partial charge < -0.3 is 0 Å². The van der Waals surface area contributed by atoms with Crippen molar-refractivity contribution < 1.29 is 27.8 Å². The molecular weight excluding hydrogens is 624 g/mol. The van der Waals surface area contributed by atoms with Crippen molar-refractivity contribution in [2.75, 3.05) is 22.5 Å². The molecule has 2 heterocycles. The van der Waals surface area contributed by atoms with Crippen molar-refractivity contribution >= 4 is 65.4 Å². The van der Waals surface area contributed by atoms with E-state index >= 15 is 0 Å². The molecule has 0 aromatic heterocycles. The van der Waals surface area contributed by atoms with E-state index in [-0.39, 0.29) is 0 Å². The molecule has 0 aromatic rings. The Morgan fingerprint density at radius 3 is 2.15 bits per heavy atom. The van der Waals surface area contributed by atoms with E-state index < -0.39 is 20.2 Å². The monoisotopic (exact) mass is 637 g/mol. The Morgan fingerprint density at radius 2 is 1.92 bits per heavy atom. The van der Waals surface area contributed by atoms with Gasteiger partial charge in [0.25, 0.3) is 0 Å². The number of halogens is 4. The summed E-state index contributed by atoms with van der Waals surface area (Å²) in [4.78, 5) is 0. The molecule has 2 aliphatic rings. The summed E-state index contributed by atoms with van der Waals surface area (Å²) in [6.07, 6.45) is 0. The van der Waals surface area contributed by atoms with Crippen molar-refractivity contribution in [3.8, 4) is 0 Å². The van der Waals surface area contributed by atoms with Crippen molar-refractivity contribution in [2.24, 2.45) is 5.41 Å². The van der Waals surface area contributed by atoms with Crippen LogP contribution in [0.15, 0.2) is 0 Å². The van der Waals surface area contributed by atoms with Gasteiger partial charge >= 0.3 is 128 Å². The van der Waals surface area contributed by atoms with Gasteiger partial charge in [0.05, 0.1) is 0 Å². The molecule has 2 saturated heterocycles. The van der Waals surface area contributed by atoms with Crippen LogP contribution in [0.2, 0.25) is 0 Å². The summed E-state index contributed by atoms with van der Waals surface area (Å²) in [5.41, 5.74) is 0.586. The zero-order chi connectivity index (χ0) is 9.73. The molecule has 0 radical (unpaired) electrons. The maximum atomic E-state index is 5.36. The van der Waals surface area contributed by atoms with Crippen molar-refractivity contribution in [2.45, 2.75) is 6.92 Å². The zero-order valence-corrected chi connectivity index (χ0v) is 16.0. The number of alkyl halides is 5. The van der Waals surface area contributed by atoms with Crippen LogP contribution in [-0.2, 0) is 6.13 Å². The summed E-state index contributed by atoms with van der Waals surface area (Å²) in [6, 6.07) is 0. The van der Waals surface area contributed by atoms with E-state index in [0.29, 0.717) is 27.0 Å². The Balaban J connectivity index is 0.000000236. The predicted octanol–water partition coefficient (Wildman–Crippen LogP) is 0.250. The summed E-state index contributed by atoms with van der Waals surface area (Å²) in [5.74, 6) is 0. The normalized spacial score (nSPS) is 22.5. The molecule has 2 nitrogen and oxygen atoms in total. The molecule has 0 spiro atoms. The summed E-state index contributed by atoms with van der Waals surface area (Å²) in [7, 11) is 0. The molecule has 0 bridgehead atoms. The molecule has 13 heavy (non-hydrogen) atoms. The first-order valence-corrected chi connectivity index (χ1v) is 13.2. The van der Waals surface area contributed by atoms with Gasteiger partial charge in [0.15, 0.2) is 0 Å². The van der Waals surface area contributed by atoms with E-state index in [9.17, 15) is 0 Å². The first-order chi connectivity index (χ1) is 6.20. The molecule has 0 N–H and O–H groups in total. The second-order valence-corrected chi connectivity index (χ2v) is 10.9. The summed E-state index contributed by atoms with van der Waals surface area (Å²) in [6.45, 7) is 2.38. The van der Waals surface area contributed by atoms with Crippen molar-refractivity contribution in [3.05, 3.63) is 0 Å². The molecule has 0 amide bonds. The number of hydrogen-bond acceptors (Lipinski definition) is 2. The van der Waals surface area contributed by atoms with Gasteiger partial charge in [0.2, 0.25) is 0 Å². The Bertz CT molecular complexity index is 143. The van der Waals surface area contributed by atoms with Crippen molar-refractivity contribution in [3.63, 3.8) is 0 Å². The molecule has 0 atom stereocenters. The summed E-state index contributed by atoms with van der Waals surface area (Å²) >= 11 is 4.58. The van der Waals surface area contributed by atoms with Crippen LogP contribution >= 0.6 is 65.4 Å². The fraction of sp³-hybridized carbons (Fsp3) is 1.00. The molecule has 6 heteroatoms. The van der Waals surface area contributed by atoms with E-state index in [4.69, 9.17) is 3.07 Å². The number of rotatable bonds is 4. The topological polar surface area (TPSA) is 25.1 Å². The predicted molar refractivity (Wildman–Crippen MR) is 76.7 cm³/mol. The maximum absolute atomic E-state index is 5.36. The second-order valence-electron chi connectivity index (χ2n) is 3.16. The van der Waals surface area contributed by atoms with Crippen LogP contribution in [0.3, 0.4) is 0 Å². The van der Waals surface area contributed by atoms with Gasteiger partial charge in [0.1, 0.15) is 0 Å². The molecule has 2 rings (SSSR count). The van der Waals surface area contributed by atoms with E-state index in [1.54, 1.807) is 0 Å². The zero-order valence-electron chi connectivity index (χ0n) is 7.36. The van der Waals surface area contributed by atoms with Crippen LogP contribution in [0.25, 0.3) is 0 Å². The third-order valence-corrected chi connectivity index (χ3v) is 9.99. The fourth-order valence-electron chi connectivity index (χ4n) is 0.573. The van der Waals surface area contributed by atoms with Crippen LogP contribution in [0.5, 0.6) is 0 Å². The van der Waals surface area contributed by atoms with E-state index in [1.165, 1.54) is 13.3 Å². The minimum absolute atomic E-state index is 0.340. The van der Waals surface area contributed by atoms with Gasteiger partial charge in [-0.15, -0.1) is 0 Å².